The summed E-state index contributed by atoms with van der Waals surface area (Å²) < 4.78 is 34.2. The molecule has 28 heavy (non-hydrogen) atoms. The Hall–Kier alpha value is -2.83. The zero-order valence-corrected chi connectivity index (χ0v) is 16.3. The maximum absolute atomic E-state index is 12.2. The Morgan fingerprint density at radius 3 is 2.04 bits per heavy atom. The third-order valence-electron chi connectivity index (χ3n) is 3.90. The Labute approximate surface area is 164 Å². The monoisotopic (exact) mass is 392 g/mol. The van der Waals surface area contributed by atoms with E-state index in [-0.39, 0.29) is 17.9 Å². The summed E-state index contributed by atoms with van der Waals surface area (Å²) in [7, 11) is 1.68. The summed E-state index contributed by atoms with van der Waals surface area (Å²) in [6.45, 7) is 1.98. The predicted molar refractivity (Wildman–Crippen MR) is 104 cm³/mol. The highest BCUT2D eigenvalue weighted by Crippen LogP contribution is 2.16. The first-order valence-electron chi connectivity index (χ1n) is 9.12. The summed E-state index contributed by atoms with van der Waals surface area (Å²) in [6.07, 6.45) is 0.843. The molecule has 2 aromatic rings. The van der Waals surface area contributed by atoms with Gasteiger partial charge in [0.2, 0.25) is 0 Å². The summed E-state index contributed by atoms with van der Waals surface area (Å²) in [6, 6.07) is 13.8. The van der Waals surface area contributed by atoms with Crippen LogP contribution in [0.15, 0.2) is 48.5 Å². The Bertz CT molecular complexity index is 734. The highest BCUT2D eigenvalue weighted by atomic mass is 19.3. The fraction of sp³-hybridized carbons (Fsp3) is 0.381. The van der Waals surface area contributed by atoms with E-state index in [1.165, 1.54) is 17.0 Å². The summed E-state index contributed by atoms with van der Waals surface area (Å²) in [5.74, 6) is 0.920. The standard InChI is InChI=1S/C21H26F2N2O3/c1-15(2)27-18-8-4-16(5-9-18)12-13-24-21(26)25(3)14-17-6-10-19(11-7-17)28-20(22)23/h4-11,15,20H,12-14H2,1-3H3,(H,24,26). The molecule has 2 amide bonds. The zero-order valence-electron chi connectivity index (χ0n) is 16.3. The van der Waals surface area contributed by atoms with Crippen molar-refractivity contribution in [3.63, 3.8) is 0 Å². The van der Waals surface area contributed by atoms with Crippen LogP contribution in [0.5, 0.6) is 11.5 Å². The number of amides is 2. The fourth-order valence-corrected chi connectivity index (χ4v) is 2.58. The number of carbonyl (C=O) groups is 1. The van der Waals surface area contributed by atoms with E-state index in [0.717, 1.165) is 16.9 Å². The van der Waals surface area contributed by atoms with Crippen LogP contribution < -0.4 is 14.8 Å². The van der Waals surface area contributed by atoms with Crippen LogP contribution in [0, 0.1) is 0 Å². The third-order valence-corrected chi connectivity index (χ3v) is 3.90. The maximum Gasteiger partial charge on any atom is 0.387 e. The van der Waals surface area contributed by atoms with Crippen LogP contribution in [0.3, 0.4) is 0 Å². The van der Waals surface area contributed by atoms with Crippen molar-refractivity contribution in [3.05, 3.63) is 59.7 Å². The topological polar surface area (TPSA) is 50.8 Å². The van der Waals surface area contributed by atoms with Crippen molar-refractivity contribution in [2.45, 2.75) is 39.5 Å². The number of hydrogen-bond acceptors (Lipinski definition) is 3. The number of hydrogen-bond donors (Lipinski definition) is 1. The van der Waals surface area contributed by atoms with Crippen molar-refractivity contribution >= 4 is 6.03 Å². The second-order valence-corrected chi connectivity index (χ2v) is 6.67. The fourth-order valence-electron chi connectivity index (χ4n) is 2.58. The van der Waals surface area contributed by atoms with E-state index in [1.807, 2.05) is 38.1 Å². The van der Waals surface area contributed by atoms with Crippen molar-refractivity contribution in [2.75, 3.05) is 13.6 Å². The van der Waals surface area contributed by atoms with Gasteiger partial charge < -0.3 is 19.7 Å². The second kappa shape index (κ2) is 10.5. The first kappa shape index (κ1) is 21.5. The molecule has 7 heteroatoms. The maximum atomic E-state index is 12.2. The van der Waals surface area contributed by atoms with E-state index < -0.39 is 6.61 Å². The average Bonchev–Trinajstić information content (AvgIpc) is 2.63. The number of halogens is 2. The van der Waals surface area contributed by atoms with Gasteiger partial charge in [-0.2, -0.15) is 8.78 Å². The van der Waals surface area contributed by atoms with Crippen LogP contribution in [0.2, 0.25) is 0 Å². The smallest absolute Gasteiger partial charge is 0.387 e. The van der Waals surface area contributed by atoms with Crippen molar-refractivity contribution in [1.29, 1.82) is 0 Å². The lowest BCUT2D eigenvalue weighted by Crippen LogP contribution is -2.37. The average molecular weight is 392 g/mol. The Balaban J connectivity index is 1.74. The van der Waals surface area contributed by atoms with Gasteiger partial charge in [-0.25, -0.2) is 4.79 Å². The largest absolute Gasteiger partial charge is 0.491 e. The molecule has 0 fully saturated rings. The molecule has 0 spiro atoms. The molecule has 0 radical (unpaired) electrons. The van der Waals surface area contributed by atoms with E-state index in [4.69, 9.17) is 4.74 Å². The Morgan fingerprint density at radius 1 is 0.964 bits per heavy atom. The highest BCUT2D eigenvalue weighted by molar-refractivity contribution is 5.73. The van der Waals surface area contributed by atoms with Crippen molar-refractivity contribution in [3.8, 4) is 11.5 Å². The number of carbonyl (C=O) groups excluding carboxylic acids is 1. The molecule has 0 unspecified atom stereocenters. The molecule has 0 bridgehead atoms. The van der Waals surface area contributed by atoms with Gasteiger partial charge in [-0.1, -0.05) is 24.3 Å². The van der Waals surface area contributed by atoms with Gasteiger partial charge in [0, 0.05) is 20.1 Å². The predicted octanol–water partition coefficient (Wildman–Crippen LogP) is 4.46. The summed E-state index contributed by atoms with van der Waals surface area (Å²) in [4.78, 5) is 13.7. The number of benzene rings is 2. The normalized spacial score (nSPS) is 10.8. The number of nitrogens with zero attached hydrogens (tertiary/aromatic N) is 1. The Kier molecular flexibility index (Phi) is 8.04. The summed E-state index contributed by atoms with van der Waals surface area (Å²) in [5, 5.41) is 2.87. The third kappa shape index (κ3) is 7.42. The number of urea groups is 1. The molecule has 0 saturated carbocycles. The summed E-state index contributed by atoms with van der Waals surface area (Å²) >= 11 is 0. The minimum atomic E-state index is -2.85. The molecule has 0 heterocycles. The van der Waals surface area contributed by atoms with Gasteiger partial charge in [0.25, 0.3) is 0 Å². The lowest BCUT2D eigenvalue weighted by Gasteiger charge is -2.18. The van der Waals surface area contributed by atoms with Gasteiger partial charge in [-0.05, 0) is 55.7 Å². The van der Waals surface area contributed by atoms with Crippen LogP contribution in [0.1, 0.15) is 25.0 Å². The molecular weight excluding hydrogens is 366 g/mol. The van der Waals surface area contributed by atoms with E-state index in [0.29, 0.717) is 19.5 Å². The second-order valence-electron chi connectivity index (χ2n) is 6.67. The zero-order chi connectivity index (χ0) is 20.5. The Morgan fingerprint density at radius 2 is 1.50 bits per heavy atom. The van der Waals surface area contributed by atoms with Gasteiger partial charge in [0.1, 0.15) is 11.5 Å². The molecule has 0 saturated heterocycles. The molecule has 0 aliphatic heterocycles. The van der Waals surface area contributed by atoms with Gasteiger partial charge in [-0.15, -0.1) is 0 Å². The number of alkyl halides is 2. The molecule has 0 aliphatic carbocycles. The van der Waals surface area contributed by atoms with Crippen LogP contribution in [-0.2, 0) is 13.0 Å². The van der Waals surface area contributed by atoms with Gasteiger partial charge in [0.15, 0.2) is 0 Å². The molecule has 0 atom stereocenters. The van der Waals surface area contributed by atoms with E-state index in [2.05, 4.69) is 10.1 Å². The lowest BCUT2D eigenvalue weighted by molar-refractivity contribution is -0.0498. The first-order valence-corrected chi connectivity index (χ1v) is 9.12. The summed E-state index contributed by atoms with van der Waals surface area (Å²) in [5.41, 5.74) is 1.92. The minimum Gasteiger partial charge on any atom is -0.491 e. The SMILES string of the molecule is CC(C)Oc1ccc(CCNC(=O)N(C)Cc2ccc(OC(F)F)cc2)cc1. The lowest BCUT2D eigenvalue weighted by atomic mass is 10.1. The molecule has 1 N–H and O–H groups in total. The van der Waals surface area contributed by atoms with Crippen LogP contribution in [-0.4, -0.2) is 37.2 Å². The van der Waals surface area contributed by atoms with Crippen molar-refractivity contribution < 1.29 is 23.0 Å². The van der Waals surface area contributed by atoms with Crippen LogP contribution in [0.25, 0.3) is 0 Å². The van der Waals surface area contributed by atoms with Crippen LogP contribution >= 0.6 is 0 Å². The molecule has 0 aliphatic rings. The molecular formula is C21H26F2N2O3. The van der Waals surface area contributed by atoms with Gasteiger partial charge in [0.05, 0.1) is 6.10 Å². The molecule has 0 aromatic heterocycles. The van der Waals surface area contributed by atoms with Crippen molar-refractivity contribution in [1.82, 2.24) is 10.2 Å². The van der Waals surface area contributed by atoms with E-state index >= 15 is 0 Å². The molecule has 5 nitrogen and oxygen atoms in total. The number of nitrogens with one attached hydrogen (secondary N) is 1. The minimum absolute atomic E-state index is 0.0932. The molecule has 2 aromatic carbocycles. The van der Waals surface area contributed by atoms with Crippen molar-refractivity contribution in [2.24, 2.45) is 0 Å². The highest BCUT2D eigenvalue weighted by Gasteiger charge is 2.09. The van der Waals surface area contributed by atoms with Gasteiger partial charge >= 0.3 is 12.6 Å². The van der Waals surface area contributed by atoms with E-state index in [9.17, 15) is 13.6 Å². The number of ether oxygens (including phenoxy) is 2. The van der Waals surface area contributed by atoms with Crippen LogP contribution in [0.4, 0.5) is 13.6 Å². The van der Waals surface area contributed by atoms with E-state index in [1.54, 1.807) is 19.2 Å². The number of rotatable bonds is 9. The quantitative estimate of drug-likeness (QED) is 0.686. The molecule has 2 rings (SSSR count). The first-order chi connectivity index (χ1) is 13.3. The van der Waals surface area contributed by atoms with Gasteiger partial charge in [-0.3, -0.25) is 0 Å². The molecule has 152 valence electrons.